The Balaban J connectivity index is 1.87. The normalized spacial score (nSPS) is 17.2. The molecule has 0 aromatic carbocycles. The zero-order chi connectivity index (χ0) is 22.6. The van der Waals surface area contributed by atoms with E-state index in [0.717, 1.165) is 0 Å². The number of H-pyrrole nitrogens is 1. The third-order valence-electron chi connectivity index (χ3n) is 5.80. The van der Waals surface area contributed by atoms with Gasteiger partial charge in [0.05, 0.1) is 27.8 Å². The molecule has 7 nitrogen and oxygen atoms in total. The summed E-state index contributed by atoms with van der Waals surface area (Å²) in [6.45, 7) is 5.99. The minimum atomic E-state index is -2.64. The number of nitrogens with two attached hydrogens (primary N) is 1. The third-order valence-corrected chi connectivity index (χ3v) is 5.80. The second-order valence-electron chi connectivity index (χ2n) is 9.17. The van der Waals surface area contributed by atoms with Gasteiger partial charge < -0.3 is 10.7 Å². The molecule has 3 aromatic heterocycles. The number of hydrogen-bond donors (Lipinski definition) is 2. The summed E-state index contributed by atoms with van der Waals surface area (Å²) in [5, 5.41) is 4.87. The molecule has 0 saturated heterocycles. The smallest absolute Gasteiger partial charge is 0.268 e. The van der Waals surface area contributed by atoms with E-state index in [1.54, 1.807) is 10.7 Å². The number of halogens is 2. The van der Waals surface area contributed by atoms with Crippen molar-refractivity contribution >= 4 is 16.8 Å². The lowest BCUT2D eigenvalue weighted by Gasteiger charge is -2.28. The Morgan fingerprint density at radius 2 is 1.97 bits per heavy atom. The van der Waals surface area contributed by atoms with Crippen molar-refractivity contribution in [3.05, 3.63) is 46.1 Å². The van der Waals surface area contributed by atoms with E-state index < -0.39 is 17.3 Å². The van der Waals surface area contributed by atoms with Crippen molar-refractivity contribution in [3.8, 4) is 11.3 Å². The first-order chi connectivity index (χ1) is 14.5. The molecule has 3 heterocycles. The standard InChI is InChI=1S/C22H25F2N5O2/c1-21(2,3)29-11-13(18(28-29)12-4-7-22(23,24)8-5-12)15-10-16(30)17-14(27-15)6-9-26-19(17)20(25)31/h6,9-12H,4-5,7-8H2,1-3H3,(H2,25,31)(H,27,30). The van der Waals surface area contributed by atoms with Gasteiger partial charge in [-0.15, -0.1) is 0 Å². The zero-order valence-electron chi connectivity index (χ0n) is 17.7. The second-order valence-corrected chi connectivity index (χ2v) is 9.17. The lowest BCUT2D eigenvalue weighted by molar-refractivity contribution is -0.0385. The number of pyridine rings is 2. The lowest BCUT2D eigenvalue weighted by Crippen LogP contribution is -2.25. The minimum absolute atomic E-state index is 0.0922. The van der Waals surface area contributed by atoms with Crippen LogP contribution in [-0.4, -0.2) is 31.6 Å². The van der Waals surface area contributed by atoms with Crippen LogP contribution in [-0.2, 0) is 5.54 Å². The molecule has 1 amide bonds. The minimum Gasteiger partial charge on any atom is -0.364 e. The van der Waals surface area contributed by atoms with Crippen molar-refractivity contribution in [1.82, 2.24) is 19.7 Å². The molecule has 1 fully saturated rings. The highest BCUT2D eigenvalue weighted by Gasteiger charge is 2.37. The predicted molar refractivity (Wildman–Crippen MR) is 113 cm³/mol. The van der Waals surface area contributed by atoms with E-state index in [2.05, 4.69) is 9.97 Å². The van der Waals surface area contributed by atoms with Crippen LogP contribution >= 0.6 is 0 Å². The van der Waals surface area contributed by atoms with Crippen molar-refractivity contribution in [2.75, 3.05) is 0 Å². The monoisotopic (exact) mass is 429 g/mol. The fourth-order valence-corrected chi connectivity index (χ4v) is 4.09. The summed E-state index contributed by atoms with van der Waals surface area (Å²) in [5.41, 5.74) is 6.89. The van der Waals surface area contributed by atoms with Crippen LogP contribution in [0.25, 0.3) is 22.2 Å². The number of nitrogens with zero attached hydrogens (tertiary/aromatic N) is 3. The third kappa shape index (κ3) is 3.96. The summed E-state index contributed by atoms with van der Waals surface area (Å²) < 4.78 is 29.3. The van der Waals surface area contributed by atoms with Gasteiger partial charge in [0.2, 0.25) is 5.92 Å². The summed E-state index contributed by atoms with van der Waals surface area (Å²) >= 11 is 0. The van der Waals surface area contributed by atoms with Crippen LogP contribution < -0.4 is 11.2 Å². The highest BCUT2D eigenvalue weighted by atomic mass is 19.3. The van der Waals surface area contributed by atoms with Gasteiger partial charge in [-0.05, 0) is 39.7 Å². The Morgan fingerprint density at radius 1 is 1.29 bits per heavy atom. The van der Waals surface area contributed by atoms with Gasteiger partial charge in [0.15, 0.2) is 5.43 Å². The number of aromatic nitrogens is 4. The van der Waals surface area contributed by atoms with Gasteiger partial charge in [0.25, 0.3) is 5.91 Å². The average Bonchev–Trinajstić information content (AvgIpc) is 3.13. The number of amides is 1. The molecule has 164 valence electrons. The molecule has 31 heavy (non-hydrogen) atoms. The van der Waals surface area contributed by atoms with Gasteiger partial charge in [-0.1, -0.05) is 0 Å². The molecule has 0 spiro atoms. The number of fused-ring (bicyclic) bond motifs is 1. The molecule has 0 radical (unpaired) electrons. The molecule has 4 rings (SSSR count). The number of nitrogens with one attached hydrogen (secondary N) is 1. The van der Waals surface area contributed by atoms with Crippen LogP contribution in [0.5, 0.6) is 0 Å². The van der Waals surface area contributed by atoms with E-state index in [4.69, 9.17) is 10.8 Å². The fourth-order valence-electron chi connectivity index (χ4n) is 4.09. The van der Waals surface area contributed by atoms with Gasteiger partial charge in [0, 0.05) is 42.8 Å². The van der Waals surface area contributed by atoms with Crippen LogP contribution in [0.2, 0.25) is 0 Å². The molecule has 3 N–H and O–H groups in total. The number of primary amides is 1. The largest absolute Gasteiger partial charge is 0.364 e. The molecule has 0 unspecified atom stereocenters. The SMILES string of the molecule is CC(C)(C)n1cc(-c2cc(=O)c3c(C(N)=O)nccc3[nH]2)c(C2CCC(F)(F)CC2)n1. The molecule has 0 bridgehead atoms. The number of carbonyl (C=O) groups is 1. The van der Waals surface area contributed by atoms with Crippen LogP contribution in [0.3, 0.4) is 0 Å². The van der Waals surface area contributed by atoms with Crippen LogP contribution in [0, 0.1) is 0 Å². The first kappa shape index (κ1) is 21.1. The van der Waals surface area contributed by atoms with Crippen LogP contribution in [0.4, 0.5) is 8.78 Å². The Bertz CT molecular complexity index is 1210. The van der Waals surface area contributed by atoms with E-state index in [1.807, 2.05) is 27.0 Å². The Kier molecular flexibility index (Phi) is 4.94. The predicted octanol–water partition coefficient (Wildman–Crippen LogP) is 3.93. The molecule has 1 saturated carbocycles. The zero-order valence-corrected chi connectivity index (χ0v) is 17.7. The molecule has 1 aliphatic carbocycles. The van der Waals surface area contributed by atoms with Gasteiger partial charge in [0.1, 0.15) is 5.69 Å². The maximum atomic E-state index is 13.7. The van der Waals surface area contributed by atoms with E-state index in [9.17, 15) is 18.4 Å². The number of hydrogen-bond acceptors (Lipinski definition) is 4. The molecule has 9 heteroatoms. The number of aromatic amines is 1. The van der Waals surface area contributed by atoms with Crippen molar-refractivity contribution in [1.29, 1.82) is 0 Å². The maximum absolute atomic E-state index is 13.7. The second kappa shape index (κ2) is 7.25. The molecule has 0 aliphatic heterocycles. The highest BCUT2D eigenvalue weighted by Crippen LogP contribution is 2.43. The van der Waals surface area contributed by atoms with E-state index in [0.29, 0.717) is 35.3 Å². The molecule has 1 aliphatic rings. The number of carbonyl (C=O) groups excluding carboxylic acids is 1. The first-order valence-corrected chi connectivity index (χ1v) is 10.3. The van der Waals surface area contributed by atoms with Gasteiger partial charge in [-0.25, -0.2) is 8.78 Å². The number of alkyl halides is 2. The van der Waals surface area contributed by atoms with Crippen molar-refractivity contribution in [2.24, 2.45) is 5.73 Å². The average molecular weight is 429 g/mol. The van der Waals surface area contributed by atoms with Gasteiger partial charge in [-0.2, -0.15) is 5.10 Å². The topological polar surface area (TPSA) is 107 Å². The Hall–Kier alpha value is -3.10. The van der Waals surface area contributed by atoms with E-state index in [-0.39, 0.29) is 35.4 Å². The van der Waals surface area contributed by atoms with Crippen LogP contribution in [0.15, 0.2) is 29.3 Å². The quantitative estimate of drug-likeness (QED) is 0.658. The molecule has 3 aromatic rings. The van der Waals surface area contributed by atoms with Crippen LogP contribution in [0.1, 0.15) is 68.6 Å². The van der Waals surface area contributed by atoms with E-state index in [1.165, 1.54) is 12.3 Å². The van der Waals surface area contributed by atoms with Crippen molar-refractivity contribution < 1.29 is 13.6 Å². The van der Waals surface area contributed by atoms with Gasteiger partial charge >= 0.3 is 0 Å². The first-order valence-electron chi connectivity index (χ1n) is 10.3. The maximum Gasteiger partial charge on any atom is 0.268 e. The molecular weight excluding hydrogens is 404 g/mol. The summed E-state index contributed by atoms with van der Waals surface area (Å²) in [7, 11) is 0. The van der Waals surface area contributed by atoms with Crippen molar-refractivity contribution in [3.63, 3.8) is 0 Å². The molecular formula is C22H25F2N5O2. The summed E-state index contributed by atoms with van der Waals surface area (Å²) in [5.74, 6) is -3.55. The van der Waals surface area contributed by atoms with Gasteiger partial charge in [-0.3, -0.25) is 19.3 Å². The van der Waals surface area contributed by atoms with Crippen molar-refractivity contribution in [2.45, 2.75) is 63.8 Å². The Labute approximate surface area is 177 Å². The number of rotatable bonds is 3. The fraction of sp³-hybridized carbons (Fsp3) is 0.455. The highest BCUT2D eigenvalue weighted by molar-refractivity contribution is 6.03. The summed E-state index contributed by atoms with van der Waals surface area (Å²) in [6, 6.07) is 2.99. The lowest BCUT2D eigenvalue weighted by atomic mass is 9.83. The molecule has 0 atom stereocenters. The summed E-state index contributed by atoms with van der Waals surface area (Å²) in [6.07, 6.45) is 3.55. The summed E-state index contributed by atoms with van der Waals surface area (Å²) in [4.78, 5) is 31.7. The Morgan fingerprint density at radius 3 is 2.58 bits per heavy atom. The van der Waals surface area contributed by atoms with E-state index >= 15 is 0 Å².